The molecule has 0 saturated heterocycles. The van der Waals surface area contributed by atoms with Crippen LogP contribution in [0.4, 0.5) is 0 Å². The average Bonchev–Trinajstić information content (AvgIpc) is 1.80. The van der Waals surface area contributed by atoms with Crippen LogP contribution < -0.4 is 63.9 Å². The molecule has 0 bridgehead atoms. The molecule has 0 atom stereocenters. The summed E-state index contributed by atoms with van der Waals surface area (Å²) in [5.41, 5.74) is 0.440. The first-order valence-corrected chi connectivity index (χ1v) is 2.84. The van der Waals surface area contributed by atoms with Crippen molar-refractivity contribution < 1.29 is 58.2 Å². The Balaban J connectivity index is 0.000000810. The Labute approximate surface area is 113 Å². The van der Waals surface area contributed by atoms with Gasteiger partial charge in [-0.1, -0.05) is 0 Å². The van der Waals surface area contributed by atoms with E-state index in [1.807, 2.05) is 0 Å². The first-order valence-electron chi connectivity index (χ1n) is 2.43. The molecule has 48 valence electrons. The van der Waals surface area contributed by atoms with E-state index in [2.05, 4.69) is 9.97 Å². The molecule has 0 aliphatic rings. The van der Waals surface area contributed by atoms with Gasteiger partial charge in [0, 0.05) is 6.20 Å². The molecule has 1 aromatic rings. The van der Waals surface area contributed by atoms with E-state index in [1.165, 1.54) is 6.20 Å². The van der Waals surface area contributed by atoms with Crippen LogP contribution in [-0.4, -0.2) is 9.97 Å². The Hall–Kier alpha value is 0.905. The predicted octanol–water partition coefficient (Wildman–Crippen LogP) is -3.01. The summed E-state index contributed by atoms with van der Waals surface area (Å²) >= 11 is 4.75. The van der Waals surface area contributed by atoms with E-state index < -0.39 is 0 Å². The number of hydrogen-bond donors (Lipinski definition) is 1. The molecule has 0 radical (unpaired) electrons. The molecule has 1 heterocycles. The SMILES string of the molecule is Cc1cnc(=O)[nH]c1[S-].[Rb+]. The van der Waals surface area contributed by atoms with E-state index >= 15 is 0 Å². The van der Waals surface area contributed by atoms with Gasteiger partial charge in [-0.15, -0.1) is 5.03 Å². The first kappa shape index (κ1) is 10.9. The van der Waals surface area contributed by atoms with Crippen molar-refractivity contribution >= 4 is 12.6 Å². The molecule has 0 fully saturated rings. The minimum absolute atomic E-state index is 0. The summed E-state index contributed by atoms with van der Waals surface area (Å²) in [7, 11) is 0. The van der Waals surface area contributed by atoms with Crippen LogP contribution in [0.2, 0.25) is 0 Å². The van der Waals surface area contributed by atoms with E-state index in [4.69, 9.17) is 12.6 Å². The standard InChI is InChI=1S/C5H6N2OS.Rb/c1-3-2-6-5(8)7-4(3)9;/h2H,1H3,(H2,6,7,8,9);/q;+1/p-1. The van der Waals surface area contributed by atoms with E-state index in [-0.39, 0.29) is 63.9 Å². The number of aromatic amines is 1. The van der Waals surface area contributed by atoms with Crippen molar-refractivity contribution in [2.45, 2.75) is 11.9 Å². The third-order valence-electron chi connectivity index (χ3n) is 0.954. The largest absolute Gasteiger partial charge is 1.00 e. The summed E-state index contributed by atoms with van der Waals surface area (Å²) in [5, 5.41) is 0.468. The maximum atomic E-state index is 10.4. The summed E-state index contributed by atoms with van der Waals surface area (Å²) in [4.78, 5) is 16.3. The number of aromatic nitrogens is 2. The molecule has 3 nitrogen and oxygen atoms in total. The van der Waals surface area contributed by atoms with Crippen molar-refractivity contribution in [2.24, 2.45) is 0 Å². The van der Waals surface area contributed by atoms with Crippen molar-refractivity contribution in [3.63, 3.8) is 0 Å². The second-order valence-corrected chi connectivity index (χ2v) is 2.11. The maximum absolute atomic E-state index is 10.4. The van der Waals surface area contributed by atoms with Gasteiger partial charge in [0.25, 0.3) is 0 Å². The zero-order valence-electron chi connectivity index (χ0n) is 5.84. The van der Waals surface area contributed by atoms with Crippen LogP contribution in [0.15, 0.2) is 16.0 Å². The monoisotopic (exact) mass is 226 g/mol. The summed E-state index contributed by atoms with van der Waals surface area (Å²) < 4.78 is 0. The third kappa shape index (κ3) is 2.88. The Morgan fingerprint density at radius 1 is 1.70 bits per heavy atom. The normalized spacial score (nSPS) is 8.50. The Morgan fingerprint density at radius 3 is 2.70 bits per heavy atom. The van der Waals surface area contributed by atoms with Gasteiger partial charge in [0.2, 0.25) is 0 Å². The molecular weight excluding hydrogens is 222 g/mol. The molecule has 0 aliphatic carbocycles. The molecule has 1 aromatic heterocycles. The molecule has 0 saturated carbocycles. The minimum Gasteiger partial charge on any atom is -0.762 e. The number of hydrogen-bond acceptors (Lipinski definition) is 3. The Morgan fingerprint density at radius 2 is 2.30 bits per heavy atom. The van der Waals surface area contributed by atoms with Crippen molar-refractivity contribution in [2.75, 3.05) is 0 Å². The number of aryl methyl sites for hydroxylation is 1. The summed E-state index contributed by atoms with van der Waals surface area (Å²) in [6, 6.07) is 0. The van der Waals surface area contributed by atoms with Crippen LogP contribution in [0.5, 0.6) is 0 Å². The van der Waals surface area contributed by atoms with Gasteiger partial charge >= 0.3 is 63.9 Å². The van der Waals surface area contributed by atoms with Crippen LogP contribution >= 0.6 is 0 Å². The quantitative estimate of drug-likeness (QED) is 0.379. The van der Waals surface area contributed by atoms with Crippen LogP contribution in [-0.2, 0) is 12.6 Å². The fourth-order valence-corrected chi connectivity index (χ4v) is 0.582. The van der Waals surface area contributed by atoms with Gasteiger partial charge in [0.05, 0.1) is 0 Å². The molecule has 5 heteroatoms. The summed E-state index contributed by atoms with van der Waals surface area (Å²) in [6.45, 7) is 1.80. The molecular formula is C5H5N2ORbS. The van der Waals surface area contributed by atoms with Gasteiger partial charge in [-0.2, -0.15) is 0 Å². The zero-order valence-corrected chi connectivity index (χ0v) is 11.6. The van der Waals surface area contributed by atoms with Gasteiger partial charge in [0.1, 0.15) is 0 Å². The van der Waals surface area contributed by atoms with E-state index in [1.54, 1.807) is 6.92 Å². The number of H-pyrrole nitrogens is 1. The molecule has 0 spiro atoms. The second kappa shape index (κ2) is 4.72. The molecule has 0 amide bonds. The first-order chi connectivity index (χ1) is 4.20. The van der Waals surface area contributed by atoms with Gasteiger partial charge in [-0.25, -0.2) is 9.78 Å². The Bertz CT molecular complexity index is 273. The van der Waals surface area contributed by atoms with Crippen molar-refractivity contribution in [3.05, 3.63) is 22.2 Å². The predicted molar refractivity (Wildman–Crippen MR) is 35.2 cm³/mol. The molecule has 0 unspecified atom stereocenters. The molecule has 10 heavy (non-hydrogen) atoms. The fraction of sp³-hybridized carbons (Fsp3) is 0.200. The Kier molecular flexibility index (Phi) is 5.14. The molecule has 1 rings (SSSR count). The molecule has 1 N–H and O–H groups in total. The third-order valence-corrected chi connectivity index (χ3v) is 1.38. The van der Waals surface area contributed by atoms with Crippen molar-refractivity contribution in [1.29, 1.82) is 0 Å². The molecule has 0 aromatic carbocycles. The number of nitrogens with zero attached hydrogens (tertiary/aromatic N) is 1. The van der Waals surface area contributed by atoms with Gasteiger partial charge in [0.15, 0.2) is 0 Å². The van der Waals surface area contributed by atoms with Crippen molar-refractivity contribution in [1.82, 2.24) is 9.97 Å². The van der Waals surface area contributed by atoms with Crippen LogP contribution in [0.1, 0.15) is 5.56 Å². The minimum atomic E-state index is -0.384. The van der Waals surface area contributed by atoms with Gasteiger partial charge in [-0.3, -0.25) is 0 Å². The fourth-order valence-electron chi connectivity index (χ4n) is 0.442. The smallest absolute Gasteiger partial charge is 0.762 e. The summed E-state index contributed by atoms with van der Waals surface area (Å²) in [6.07, 6.45) is 1.46. The second-order valence-electron chi connectivity index (χ2n) is 1.70. The van der Waals surface area contributed by atoms with Crippen LogP contribution in [0.25, 0.3) is 0 Å². The molecule has 0 aliphatic heterocycles. The van der Waals surface area contributed by atoms with Crippen molar-refractivity contribution in [3.8, 4) is 0 Å². The average molecular weight is 227 g/mol. The van der Waals surface area contributed by atoms with E-state index in [9.17, 15) is 4.79 Å². The maximum Gasteiger partial charge on any atom is 1.00 e. The van der Waals surface area contributed by atoms with E-state index in [0.717, 1.165) is 5.56 Å². The zero-order chi connectivity index (χ0) is 6.85. The van der Waals surface area contributed by atoms with Gasteiger partial charge < -0.3 is 17.6 Å². The van der Waals surface area contributed by atoms with E-state index in [0.29, 0.717) is 5.03 Å². The topological polar surface area (TPSA) is 45.8 Å². The van der Waals surface area contributed by atoms with Crippen LogP contribution in [0.3, 0.4) is 0 Å². The number of rotatable bonds is 0. The summed E-state index contributed by atoms with van der Waals surface area (Å²) in [5.74, 6) is 0. The number of nitrogens with one attached hydrogen (secondary N) is 1. The van der Waals surface area contributed by atoms with Crippen LogP contribution in [0, 0.1) is 6.92 Å². The van der Waals surface area contributed by atoms with Gasteiger partial charge in [-0.05, 0) is 12.5 Å².